The monoisotopic (exact) mass is 260 g/mol. The molecular weight excluding hydrogens is 244 g/mol. The van der Waals surface area contributed by atoms with Gasteiger partial charge in [0.2, 0.25) is 0 Å². The van der Waals surface area contributed by atoms with Crippen LogP contribution in [0.4, 0.5) is 0 Å². The minimum atomic E-state index is 0.652. The summed E-state index contributed by atoms with van der Waals surface area (Å²) in [5.41, 5.74) is 2.37. The second-order valence-corrected chi connectivity index (χ2v) is 5.56. The molecule has 1 aliphatic rings. The Kier molecular flexibility index (Phi) is 3.61. The molecule has 0 bridgehead atoms. The molecule has 4 nitrogen and oxygen atoms in total. The maximum Gasteiger partial charge on any atom is 0.138 e. The molecule has 1 saturated heterocycles. The summed E-state index contributed by atoms with van der Waals surface area (Å²) in [4.78, 5) is 4.01. The maximum atomic E-state index is 4.20. The Bertz CT molecular complexity index is 491. The second kappa shape index (κ2) is 5.54. The van der Waals surface area contributed by atoms with Crippen molar-refractivity contribution in [3.05, 3.63) is 42.5 Å². The largest absolute Gasteiger partial charge is 0.309 e. The summed E-state index contributed by atoms with van der Waals surface area (Å²) >= 11 is 2.03. The van der Waals surface area contributed by atoms with Gasteiger partial charge in [-0.3, -0.25) is 0 Å². The van der Waals surface area contributed by atoms with Crippen molar-refractivity contribution in [3.8, 4) is 5.69 Å². The molecule has 1 fully saturated rings. The van der Waals surface area contributed by atoms with E-state index in [-0.39, 0.29) is 0 Å². The van der Waals surface area contributed by atoms with Crippen LogP contribution in [0.25, 0.3) is 5.69 Å². The zero-order valence-electron chi connectivity index (χ0n) is 10.1. The lowest BCUT2D eigenvalue weighted by atomic mass is 10.1. The van der Waals surface area contributed by atoms with Crippen LogP contribution in [0.15, 0.2) is 36.9 Å². The number of hydrogen-bond donors (Lipinski definition) is 1. The number of hydrogen-bond acceptors (Lipinski definition) is 4. The number of rotatable bonds is 4. The van der Waals surface area contributed by atoms with Crippen molar-refractivity contribution in [1.82, 2.24) is 20.1 Å². The van der Waals surface area contributed by atoms with E-state index in [0.29, 0.717) is 6.04 Å². The van der Waals surface area contributed by atoms with Gasteiger partial charge in [0.25, 0.3) is 0 Å². The molecule has 0 amide bonds. The Morgan fingerprint density at radius 3 is 3.11 bits per heavy atom. The molecular formula is C13H16N4S. The zero-order chi connectivity index (χ0) is 12.2. The van der Waals surface area contributed by atoms with E-state index < -0.39 is 0 Å². The third-order valence-electron chi connectivity index (χ3n) is 3.17. The van der Waals surface area contributed by atoms with Crippen molar-refractivity contribution < 1.29 is 0 Å². The molecule has 2 heterocycles. The van der Waals surface area contributed by atoms with Crippen molar-refractivity contribution in [3.63, 3.8) is 0 Å². The van der Waals surface area contributed by atoms with Crippen molar-refractivity contribution in [1.29, 1.82) is 0 Å². The summed E-state index contributed by atoms with van der Waals surface area (Å²) in [5.74, 6) is 2.51. The average molecular weight is 260 g/mol. The number of para-hydroxylation sites is 1. The number of benzene rings is 1. The van der Waals surface area contributed by atoms with Crippen molar-refractivity contribution in [2.24, 2.45) is 0 Å². The smallest absolute Gasteiger partial charge is 0.138 e. The first-order valence-corrected chi connectivity index (χ1v) is 7.33. The molecule has 18 heavy (non-hydrogen) atoms. The highest BCUT2D eigenvalue weighted by Crippen LogP contribution is 2.18. The first kappa shape index (κ1) is 11.7. The Hall–Kier alpha value is -1.33. The molecule has 2 aromatic rings. The lowest BCUT2D eigenvalue weighted by Gasteiger charge is -2.13. The van der Waals surface area contributed by atoms with Gasteiger partial charge in [-0.15, -0.1) is 0 Å². The average Bonchev–Trinajstić information content (AvgIpc) is 3.10. The van der Waals surface area contributed by atoms with Gasteiger partial charge in [-0.25, -0.2) is 9.67 Å². The van der Waals surface area contributed by atoms with E-state index in [9.17, 15) is 0 Å². The fraction of sp³-hybridized carbons (Fsp3) is 0.385. The Morgan fingerprint density at radius 1 is 1.39 bits per heavy atom. The Balaban J connectivity index is 1.75. The predicted octanol–water partition coefficient (Wildman–Crippen LogP) is 1.86. The van der Waals surface area contributed by atoms with Crippen LogP contribution < -0.4 is 5.32 Å². The van der Waals surface area contributed by atoms with Gasteiger partial charge in [0.1, 0.15) is 12.7 Å². The quantitative estimate of drug-likeness (QED) is 0.911. The minimum absolute atomic E-state index is 0.652. The van der Waals surface area contributed by atoms with Crippen LogP contribution in [-0.2, 0) is 6.54 Å². The summed E-state index contributed by atoms with van der Waals surface area (Å²) in [6.07, 6.45) is 4.58. The highest BCUT2D eigenvalue weighted by atomic mass is 32.2. The Labute approximate surface area is 111 Å². The molecule has 3 rings (SSSR count). The molecule has 0 aliphatic carbocycles. The summed E-state index contributed by atoms with van der Waals surface area (Å²) in [7, 11) is 0. The molecule has 0 radical (unpaired) electrons. The lowest BCUT2D eigenvalue weighted by Crippen LogP contribution is -2.28. The van der Waals surface area contributed by atoms with Gasteiger partial charge >= 0.3 is 0 Å². The van der Waals surface area contributed by atoms with Gasteiger partial charge in [0, 0.05) is 18.3 Å². The lowest BCUT2D eigenvalue weighted by molar-refractivity contribution is 0.556. The van der Waals surface area contributed by atoms with Crippen LogP contribution >= 0.6 is 11.8 Å². The number of nitrogens with one attached hydrogen (secondary N) is 1. The van der Waals surface area contributed by atoms with E-state index in [1.165, 1.54) is 23.5 Å². The molecule has 1 N–H and O–H groups in total. The third-order valence-corrected chi connectivity index (χ3v) is 4.33. The van der Waals surface area contributed by atoms with Crippen LogP contribution in [0.5, 0.6) is 0 Å². The highest BCUT2D eigenvalue weighted by Gasteiger charge is 2.15. The molecule has 0 unspecified atom stereocenters. The molecule has 94 valence electrons. The number of nitrogens with zero attached hydrogens (tertiary/aromatic N) is 3. The Morgan fingerprint density at radius 2 is 2.33 bits per heavy atom. The number of aromatic nitrogens is 3. The van der Waals surface area contributed by atoms with Crippen LogP contribution in [-0.4, -0.2) is 32.3 Å². The van der Waals surface area contributed by atoms with Gasteiger partial charge in [0.15, 0.2) is 0 Å². The first-order valence-electron chi connectivity index (χ1n) is 6.17. The molecule has 0 saturated carbocycles. The van der Waals surface area contributed by atoms with Crippen LogP contribution in [0.2, 0.25) is 0 Å². The third kappa shape index (κ3) is 2.57. The van der Waals surface area contributed by atoms with E-state index in [0.717, 1.165) is 12.2 Å². The zero-order valence-corrected chi connectivity index (χ0v) is 10.9. The highest BCUT2D eigenvalue weighted by molar-refractivity contribution is 7.99. The molecule has 0 spiro atoms. The van der Waals surface area contributed by atoms with E-state index in [1.807, 2.05) is 22.5 Å². The van der Waals surface area contributed by atoms with E-state index >= 15 is 0 Å². The fourth-order valence-electron chi connectivity index (χ4n) is 2.17. The van der Waals surface area contributed by atoms with Crippen LogP contribution in [0.1, 0.15) is 12.0 Å². The van der Waals surface area contributed by atoms with Gasteiger partial charge in [-0.05, 0) is 23.8 Å². The van der Waals surface area contributed by atoms with E-state index in [4.69, 9.17) is 0 Å². The molecule has 5 heteroatoms. The second-order valence-electron chi connectivity index (χ2n) is 4.41. The van der Waals surface area contributed by atoms with Crippen LogP contribution in [0.3, 0.4) is 0 Å². The SMILES string of the molecule is c1ccc(-n2cncn2)c(CN[C@H]2CCSC2)c1. The van der Waals surface area contributed by atoms with Gasteiger partial charge in [-0.1, -0.05) is 18.2 Å². The topological polar surface area (TPSA) is 42.7 Å². The first-order chi connectivity index (χ1) is 8.93. The minimum Gasteiger partial charge on any atom is -0.309 e. The molecule has 1 aliphatic heterocycles. The predicted molar refractivity (Wildman–Crippen MR) is 73.9 cm³/mol. The summed E-state index contributed by atoms with van der Waals surface area (Å²) in [5, 5.41) is 7.82. The van der Waals surface area contributed by atoms with Crippen molar-refractivity contribution >= 4 is 11.8 Å². The standard InChI is InChI=1S/C13H16N4S/c1-2-4-13(17-10-14-9-16-17)11(3-1)7-15-12-5-6-18-8-12/h1-4,9-10,12,15H,5-8H2/t12-/m0/s1. The van der Waals surface area contributed by atoms with Crippen molar-refractivity contribution in [2.45, 2.75) is 19.0 Å². The summed E-state index contributed by atoms with van der Waals surface area (Å²) in [6.45, 7) is 0.890. The van der Waals surface area contributed by atoms with Gasteiger partial charge < -0.3 is 5.32 Å². The van der Waals surface area contributed by atoms with Gasteiger partial charge in [0.05, 0.1) is 5.69 Å². The fourth-order valence-corrected chi connectivity index (χ4v) is 3.35. The molecule has 1 aromatic heterocycles. The van der Waals surface area contributed by atoms with E-state index in [1.54, 1.807) is 12.7 Å². The normalized spacial score (nSPS) is 19.2. The molecule has 1 aromatic carbocycles. The van der Waals surface area contributed by atoms with Gasteiger partial charge in [-0.2, -0.15) is 16.9 Å². The van der Waals surface area contributed by atoms with Crippen LogP contribution in [0, 0.1) is 0 Å². The summed E-state index contributed by atoms with van der Waals surface area (Å²) < 4.78 is 1.82. The maximum absolute atomic E-state index is 4.20. The summed E-state index contributed by atoms with van der Waals surface area (Å²) in [6, 6.07) is 8.98. The molecule has 1 atom stereocenters. The van der Waals surface area contributed by atoms with Crippen molar-refractivity contribution in [2.75, 3.05) is 11.5 Å². The van der Waals surface area contributed by atoms with E-state index in [2.05, 4.69) is 33.6 Å². The number of thioether (sulfide) groups is 1.